The van der Waals surface area contributed by atoms with Gasteiger partial charge in [0.1, 0.15) is 29.6 Å². The molecule has 0 radical (unpaired) electrons. The van der Waals surface area contributed by atoms with Gasteiger partial charge in [-0.2, -0.15) is 0 Å². The van der Waals surface area contributed by atoms with Gasteiger partial charge in [0.05, 0.1) is 30.5 Å². The quantitative estimate of drug-likeness (QED) is 0.120. The highest BCUT2D eigenvalue weighted by atomic mass is 32.1. The predicted molar refractivity (Wildman–Crippen MR) is 152 cm³/mol. The Bertz CT molecular complexity index is 1530. The fraction of sp³-hybridized carbons (Fsp3) is 0.333. The number of thiazole rings is 1. The van der Waals surface area contributed by atoms with Gasteiger partial charge in [-0.25, -0.2) is 9.78 Å². The molecule has 1 fully saturated rings. The maximum Gasteiger partial charge on any atom is 0.350 e. The number of fused-ring (bicyclic) bond motifs is 1. The minimum absolute atomic E-state index is 0.122. The van der Waals surface area contributed by atoms with Crippen molar-refractivity contribution in [2.75, 3.05) is 31.3 Å². The minimum Gasteiger partial charge on any atom is -0.507 e. The molecular weight excluding hydrogens is 548 g/mol. The average Bonchev–Trinajstić information content (AvgIpc) is 3.49. The van der Waals surface area contributed by atoms with Gasteiger partial charge < -0.3 is 24.1 Å². The maximum absolute atomic E-state index is 13.6. The summed E-state index contributed by atoms with van der Waals surface area (Å²) < 4.78 is 22.3. The Morgan fingerprint density at radius 2 is 1.90 bits per heavy atom. The van der Waals surface area contributed by atoms with Gasteiger partial charge in [-0.3, -0.25) is 14.5 Å². The first-order valence-corrected chi connectivity index (χ1v) is 14.2. The minimum atomic E-state index is -1.04. The Balaban J connectivity index is 1.64. The van der Waals surface area contributed by atoms with Gasteiger partial charge in [0.15, 0.2) is 16.6 Å². The number of anilines is 1. The van der Waals surface area contributed by atoms with Crippen molar-refractivity contribution in [2.24, 2.45) is 0 Å². The Morgan fingerprint density at radius 3 is 2.66 bits per heavy atom. The van der Waals surface area contributed by atoms with Gasteiger partial charge in [0.2, 0.25) is 0 Å². The topological polar surface area (TPSA) is 124 Å². The number of hydrogen-bond donors (Lipinski definition) is 1. The third-order valence-electron chi connectivity index (χ3n) is 6.65. The predicted octanol–water partition coefficient (Wildman–Crippen LogP) is 5.20. The zero-order valence-electron chi connectivity index (χ0n) is 23.0. The molecule has 1 aromatic heterocycles. The first-order chi connectivity index (χ1) is 19.8. The van der Waals surface area contributed by atoms with Crippen LogP contribution >= 0.6 is 11.3 Å². The van der Waals surface area contributed by atoms with Crippen LogP contribution in [0.4, 0.5) is 5.13 Å². The summed E-state index contributed by atoms with van der Waals surface area (Å²) in [6.07, 6.45) is 1.82. The van der Waals surface area contributed by atoms with Crippen LogP contribution < -0.4 is 19.1 Å². The molecule has 1 atom stereocenters. The summed E-state index contributed by atoms with van der Waals surface area (Å²) in [7, 11) is 0. The van der Waals surface area contributed by atoms with E-state index in [0.29, 0.717) is 48.3 Å². The number of aryl methyl sites for hydroxylation is 1. The molecular formula is C30H30N2O8S. The number of hydrogen-bond acceptors (Lipinski definition) is 10. The second-order valence-electron chi connectivity index (χ2n) is 9.43. The second kappa shape index (κ2) is 12.0. The maximum atomic E-state index is 13.6. The number of ether oxygens (including phenoxy) is 4. The van der Waals surface area contributed by atoms with Crippen molar-refractivity contribution in [3.05, 3.63) is 69.7 Å². The summed E-state index contributed by atoms with van der Waals surface area (Å²) in [6.45, 7) is 6.82. The average molecular weight is 579 g/mol. The molecule has 3 heterocycles. The van der Waals surface area contributed by atoms with Crippen molar-refractivity contribution < 1.29 is 38.4 Å². The van der Waals surface area contributed by atoms with Crippen molar-refractivity contribution in [3.63, 3.8) is 0 Å². The van der Waals surface area contributed by atoms with Gasteiger partial charge in [0.25, 0.3) is 5.78 Å². The number of rotatable bonds is 9. The smallest absolute Gasteiger partial charge is 0.350 e. The number of aliphatic hydroxyl groups excluding tert-OH is 1. The van der Waals surface area contributed by atoms with E-state index in [1.807, 2.05) is 0 Å². The van der Waals surface area contributed by atoms with Crippen molar-refractivity contribution >= 4 is 39.9 Å². The van der Waals surface area contributed by atoms with E-state index in [9.17, 15) is 19.5 Å². The zero-order valence-corrected chi connectivity index (χ0v) is 23.8. The standard InChI is InChI=1S/C30H30N2O8S/c1-4-6-12-38-20-9-7-8-18(15-20)24-23(25(33)19-10-11-21-22(16-19)40-14-13-39-21)26(34)28(35)32(24)30-31-17(3)27(41-30)29(36)37-5-2/h7-11,15-16,24,33H,4-6,12-14H2,1-3H3/b25-23+/t24-/m0/s1. The number of unbranched alkanes of at least 4 members (excludes halogenated alkanes) is 1. The molecule has 11 heteroatoms. The van der Waals surface area contributed by atoms with Crippen LogP contribution in [0.1, 0.15) is 59.2 Å². The summed E-state index contributed by atoms with van der Waals surface area (Å²) in [5.41, 5.74) is 1.06. The van der Waals surface area contributed by atoms with Crippen LogP contribution in [0.2, 0.25) is 0 Å². The number of aromatic nitrogens is 1. The van der Waals surface area contributed by atoms with Gasteiger partial charge in [-0.1, -0.05) is 36.8 Å². The Kier molecular flexibility index (Phi) is 8.25. The third-order valence-corrected chi connectivity index (χ3v) is 7.79. The summed E-state index contributed by atoms with van der Waals surface area (Å²) in [4.78, 5) is 45.6. The van der Waals surface area contributed by atoms with E-state index in [-0.39, 0.29) is 33.5 Å². The molecule has 2 aromatic carbocycles. The molecule has 1 N–H and O–H groups in total. The van der Waals surface area contributed by atoms with Crippen molar-refractivity contribution in [3.8, 4) is 17.2 Å². The highest BCUT2D eigenvalue weighted by Gasteiger charge is 2.48. The molecule has 214 valence electrons. The van der Waals surface area contributed by atoms with Gasteiger partial charge in [-0.05, 0) is 56.2 Å². The van der Waals surface area contributed by atoms with E-state index in [1.165, 1.54) is 4.90 Å². The number of carbonyl (C=O) groups excluding carboxylic acids is 3. The largest absolute Gasteiger partial charge is 0.507 e. The SMILES string of the molecule is CCCCOc1cccc([C@H]2/C(=C(\O)c3ccc4c(c3)OCCO4)C(=O)C(=O)N2c2nc(C)c(C(=O)OCC)s2)c1. The lowest BCUT2D eigenvalue weighted by Gasteiger charge is -2.24. The van der Waals surface area contributed by atoms with E-state index in [4.69, 9.17) is 18.9 Å². The molecule has 5 rings (SSSR count). The summed E-state index contributed by atoms with van der Waals surface area (Å²) >= 11 is 0.953. The lowest BCUT2D eigenvalue weighted by molar-refractivity contribution is -0.132. The summed E-state index contributed by atoms with van der Waals surface area (Å²) in [6, 6.07) is 10.8. The number of Topliss-reactive ketones (excluding diaryl/α,β-unsaturated/α-hetero) is 1. The molecule has 0 unspecified atom stereocenters. The summed E-state index contributed by atoms with van der Waals surface area (Å²) in [5, 5.41) is 11.7. The van der Waals surface area contributed by atoms with Gasteiger partial charge in [-0.15, -0.1) is 0 Å². The third kappa shape index (κ3) is 5.49. The van der Waals surface area contributed by atoms with Crippen LogP contribution in [0.5, 0.6) is 17.2 Å². The Morgan fingerprint density at radius 1 is 1.12 bits per heavy atom. The van der Waals surface area contributed by atoms with Crippen LogP contribution in [-0.4, -0.2) is 54.2 Å². The summed E-state index contributed by atoms with van der Waals surface area (Å²) in [5.74, 6) is -1.20. The fourth-order valence-corrected chi connectivity index (χ4v) is 5.66. The molecule has 1 saturated heterocycles. The molecule has 0 saturated carbocycles. The van der Waals surface area contributed by atoms with Crippen molar-refractivity contribution in [1.29, 1.82) is 0 Å². The number of ketones is 1. The number of carbonyl (C=O) groups is 3. The van der Waals surface area contributed by atoms with E-state index < -0.39 is 23.7 Å². The van der Waals surface area contributed by atoms with Crippen LogP contribution in [0, 0.1) is 6.92 Å². The molecule has 2 aliphatic rings. The molecule has 0 aliphatic carbocycles. The van der Waals surface area contributed by atoms with E-state index in [2.05, 4.69) is 11.9 Å². The fourth-order valence-electron chi connectivity index (χ4n) is 4.67. The second-order valence-corrected chi connectivity index (χ2v) is 10.4. The van der Waals surface area contributed by atoms with Crippen LogP contribution in [0.3, 0.4) is 0 Å². The molecule has 0 bridgehead atoms. The normalized spacial score (nSPS) is 17.5. The molecule has 10 nitrogen and oxygen atoms in total. The Hall–Kier alpha value is -4.38. The van der Waals surface area contributed by atoms with E-state index >= 15 is 0 Å². The number of amides is 1. The van der Waals surface area contributed by atoms with E-state index in [1.54, 1.807) is 56.3 Å². The highest BCUT2D eigenvalue weighted by molar-refractivity contribution is 7.17. The number of aliphatic hydroxyl groups is 1. The van der Waals surface area contributed by atoms with Crippen LogP contribution in [-0.2, 0) is 14.3 Å². The highest BCUT2D eigenvalue weighted by Crippen LogP contribution is 2.45. The van der Waals surface area contributed by atoms with Gasteiger partial charge >= 0.3 is 11.9 Å². The number of esters is 1. The van der Waals surface area contributed by atoms with Crippen LogP contribution in [0.15, 0.2) is 48.0 Å². The zero-order chi connectivity index (χ0) is 29.1. The Labute approximate surface area is 241 Å². The lowest BCUT2D eigenvalue weighted by atomic mass is 9.95. The lowest BCUT2D eigenvalue weighted by Crippen LogP contribution is -2.29. The molecule has 1 amide bonds. The molecule has 0 spiro atoms. The van der Waals surface area contributed by atoms with Crippen LogP contribution in [0.25, 0.3) is 5.76 Å². The number of nitrogens with zero attached hydrogens (tertiary/aromatic N) is 2. The first-order valence-electron chi connectivity index (χ1n) is 13.4. The van der Waals surface area contributed by atoms with Crippen molar-refractivity contribution in [2.45, 2.75) is 39.7 Å². The number of benzene rings is 2. The van der Waals surface area contributed by atoms with E-state index in [0.717, 1.165) is 24.2 Å². The first kappa shape index (κ1) is 28.2. The molecule has 2 aliphatic heterocycles. The van der Waals surface area contributed by atoms with Gasteiger partial charge in [0, 0.05) is 5.56 Å². The molecule has 41 heavy (non-hydrogen) atoms. The molecule has 3 aromatic rings. The van der Waals surface area contributed by atoms with Crippen molar-refractivity contribution in [1.82, 2.24) is 4.98 Å². The monoisotopic (exact) mass is 578 g/mol.